The van der Waals surface area contributed by atoms with E-state index < -0.39 is 0 Å². The number of thioether (sulfide) groups is 1. The first-order valence-corrected chi connectivity index (χ1v) is 10.1. The van der Waals surface area contributed by atoms with Crippen LogP contribution in [-0.2, 0) is 16.1 Å². The Morgan fingerprint density at radius 2 is 2.11 bits per heavy atom. The number of nitrogens with zero attached hydrogens (tertiary/aromatic N) is 3. The summed E-state index contributed by atoms with van der Waals surface area (Å²) in [7, 11) is 0. The molecule has 1 aliphatic rings. The number of benzene rings is 1. The van der Waals surface area contributed by atoms with E-state index in [-0.39, 0.29) is 29.4 Å². The van der Waals surface area contributed by atoms with Crippen LogP contribution in [0.15, 0.2) is 40.8 Å². The molecule has 1 fully saturated rings. The number of morpholine rings is 1. The van der Waals surface area contributed by atoms with Crippen molar-refractivity contribution < 1.29 is 9.53 Å². The lowest BCUT2D eigenvalue weighted by molar-refractivity contribution is -0.140. The molecule has 8 heteroatoms. The number of fused-ring (bicyclic) bond motifs is 1. The van der Waals surface area contributed by atoms with Gasteiger partial charge in [-0.3, -0.25) is 14.2 Å². The molecular formula is C19H22ClN3O3S. The molecule has 1 aromatic heterocycles. The Balaban J connectivity index is 1.85. The number of allylic oxidation sites excluding steroid dienone is 1. The van der Waals surface area contributed by atoms with Crippen LogP contribution >= 0.6 is 23.4 Å². The zero-order valence-corrected chi connectivity index (χ0v) is 16.9. The maximum absolute atomic E-state index is 12.8. The van der Waals surface area contributed by atoms with E-state index in [2.05, 4.69) is 11.6 Å². The summed E-state index contributed by atoms with van der Waals surface area (Å²) in [6, 6.07) is 5.00. The van der Waals surface area contributed by atoms with Crippen molar-refractivity contribution in [2.24, 2.45) is 0 Å². The number of hydrogen-bond acceptors (Lipinski definition) is 5. The number of hydrogen-bond donors (Lipinski definition) is 0. The van der Waals surface area contributed by atoms with Crippen molar-refractivity contribution in [2.75, 3.05) is 18.8 Å². The fourth-order valence-electron chi connectivity index (χ4n) is 3.17. The SMILES string of the molecule is C=CCn1c(SCC(=O)N2CC(C)OC(C)C2)nc2cc(Cl)ccc2c1=O. The monoisotopic (exact) mass is 407 g/mol. The molecule has 0 radical (unpaired) electrons. The Kier molecular flexibility index (Phi) is 6.24. The van der Waals surface area contributed by atoms with Crippen molar-refractivity contribution in [1.82, 2.24) is 14.5 Å². The summed E-state index contributed by atoms with van der Waals surface area (Å²) in [4.78, 5) is 31.8. The second kappa shape index (κ2) is 8.46. The second-order valence-electron chi connectivity index (χ2n) is 6.60. The predicted molar refractivity (Wildman–Crippen MR) is 109 cm³/mol. The molecule has 1 amide bonds. The highest BCUT2D eigenvalue weighted by atomic mass is 35.5. The third-order valence-electron chi connectivity index (χ3n) is 4.29. The molecule has 1 aliphatic heterocycles. The maximum Gasteiger partial charge on any atom is 0.262 e. The first-order chi connectivity index (χ1) is 12.9. The van der Waals surface area contributed by atoms with Gasteiger partial charge in [0.25, 0.3) is 5.56 Å². The summed E-state index contributed by atoms with van der Waals surface area (Å²) in [5.74, 6) is 0.210. The zero-order chi connectivity index (χ0) is 19.6. The second-order valence-corrected chi connectivity index (χ2v) is 7.98. The standard InChI is InChI=1S/C19H22ClN3O3S/c1-4-7-23-18(25)15-6-5-14(20)8-16(15)21-19(23)27-11-17(24)22-9-12(2)26-13(3)10-22/h4-6,8,12-13H,1,7,9-11H2,2-3H3. The summed E-state index contributed by atoms with van der Waals surface area (Å²) >= 11 is 7.29. The molecule has 0 spiro atoms. The first-order valence-electron chi connectivity index (χ1n) is 8.76. The summed E-state index contributed by atoms with van der Waals surface area (Å²) in [6.07, 6.45) is 1.67. The van der Waals surface area contributed by atoms with Crippen LogP contribution in [0.3, 0.4) is 0 Å². The highest BCUT2D eigenvalue weighted by Crippen LogP contribution is 2.21. The minimum atomic E-state index is -0.167. The van der Waals surface area contributed by atoms with Crippen molar-refractivity contribution in [3.8, 4) is 0 Å². The topological polar surface area (TPSA) is 64.4 Å². The molecule has 0 N–H and O–H groups in total. The number of amides is 1. The Hall–Kier alpha value is -1.83. The van der Waals surface area contributed by atoms with E-state index in [1.54, 1.807) is 29.2 Å². The normalized spacial score (nSPS) is 20.0. The van der Waals surface area contributed by atoms with Crippen LogP contribution in [0.4, 0.5) is 0 Å². The average molecular weight is 408 g/mol. The van der Waals surface area contributed by atoms with Crippen molar-refractivity contribution in [3.63, 3.8) is 0 Å². The van der Waals surface area contributed by atoms with Crippen molar-refractivity contribution in [2.45, 2.75) is 37.8 Å². The molecule has 1 aromatic carbocycles. The third-order valence-corrected chi connectivity index (χ3v) is 5.49. The molecule has 1 saturated heterocycles. The summed E-state index contributed by atoms with van der Waals surface area (Å²) in [5.41, 5.74) is 0.358. The molecule has 0 saturated carbocycles. The fraction of sp³-hybridized carbons (Fsp3) is 0.421. The number of aromatic nitrogens is 2. The number of carbonyl (C=O) groups is 1. The van der Waals surface area contributed by atoms with Crippen LogP contribution in [0.25, 0.3) is 10.9 Å². The molecule has 0 aliphatic carbocycles. The molecule has 6 nitrogen and oxygen atoms in total. The number of rotatable bonds is 5. The summed E-state index contributed by atoms with van der Waals surface area (Å²) < 4.78 is 7.21. The predicted octanol–water partition coefficient (Wildman–Crippen LogP) is 2.96. The largest absolute Gasteiger partial charge is 0.372 e. The summed E-state index contributed by atoms with van der Waals surface area (Å²) in [6.45, 7) is 9.10. The third kappa shape index (κ3) is 4.54. The Bertz CT molecular complexity index is 920. The molecule has 3 rings (SSSR count). The quantitative estimate of drug-likeness (QED) is 0.433. The van der Waals surface area contributed by atoms with E-state index in [4.69, 9.17) is 16.3 Å². The Morgan fingerprint density at radius 1 is 1.41 bits per heavy atom. The first kappa shape index (κ1) is 19.9. The van der Waals surface area contributed by atoms with Crippen molar-refractivity contribution >= 4 is 40.2 Å². The molecule has 2 atom stereocenters. The lowest BCUT2D eigenvalue weighted by Crippen LogP contribution is -2.48. The Labute approximate surface area is 167 Å². The van der Waals surface area contributed by atoms with E-state index in [9.17, 15) is 9.59 Å². The van der Waals surface area contributed by atoms with Crippen LogP contribution in [-0.4, -0.2) is 51.4 Å². The average Bonchev–Trinajstić information content (AvgIpc) is 2.61. The van der Waals surface area contributed by atoms with Gasteiger partial charge in [0.15, 0.2) is 5.16 Å². The fourth-order valence-corrected chi connectivity index (χ4v) is 4.25. The van der Waals surface area contributed by atoms with Crippen molar-refractivity contribution in [1.29, 1.82) is 0 Å². The molecule has 2 aromatic rings. The van der Waals surface area contributed by atoms with Gasteiger partial charge in [-0.2, -0.15) is 0 Å². The maximum atomic E-state index is 12.8. The van der Waals surface area contributed by atoms with Crippen LogP contribution in [0.2, 0.25) is 5.02 Å². The van der Waals surface area contributed by atoms with Gasteiger partial charge < -0.3 is 9.64 Å². The molecule has 2 heterocycles. The Morgan fingerprint density at radius 3 is 2.78 bits per heavy atom. The van der Waals surface area contributed by atoms with Gasteiger partial charge in [-0.1, -0.05) is 29.4 Å². The van der Waals surface area contributed by atoms with Crippen LogP contribution < -0.4 is 5.56 Å². The minimum Gasteiger partial charge on any atom is -0.372 e. The number of halogens is 1. The van der Waals surface area contributed by atoms with E-state index in [1.165, 1.54) is 16.3 Å². The van der Waals surface area contributed by atoms with Gasteiger partial charge in [0.2, 0.25) is 5.91 Å². The van der Waals surface area contributed by atoms with Crippen molar-refractivity contribution in [3.05, 3.63) is 46.2 Å². The summed E-state index contributed by atoms with van der Waals surface area (Å²) in [5, 5.41) is 1.49. The van der Waals surface area contributed by atoms with Gasteiger partial charge in [-0.05, 0) is 32.0 Å². The highest BCUT2D eigenvalue weighted by molar-refractivity contribution is 7.99. The van der Waals surface area contributed by atoms with Crippen LogP contribution in [0.5, 0.6) is 0 Å². The number of ether oxygens (including phenoxy) is 1. The van der Waals surface area contributed by atoms with Crippen LogP contribution in [0.1, 0.15) is 13.8 Å². The van der Waals surface area contributed by atoms with E-state index in [1.807, 2.05) is 13.8 Å². The van der Waals surface area contributed by atoms with Gasteiger partial charge in [0, 0.05) is 24.7 Å². The lowest BCUT2D eigenvalue weighted by atomic mass is 10.2. The number of carbonyl (C=O) groups excluding carboxylic acids is 1. The van der Waals surface area contributed by atoms with Gasteiger partial charge in [0.05, 0.1) is 28.9 Å². The van der Waals surface area contributed by atoms with Gasteiger partial charge >= 0.3 is 0 Å². The van der Waals surface area contributed by atoms with E-state index in [0.29, 0.717) is 40.7 Å². The lowest BCUT2D eigenvalue weighted by Gasteiger charge is -2.35. The molecule has 27 heavy (non-hydrogen) atoms. The van der Waals surface area contributed by atoms with Gasteiger partial charge in [0.1, 0.15) is 0 Å². The molecular weight excluding hydrogens is 386 g/mol. The molecule has 2 unspecified atom stereocenters. The minimum absolute atomic E-state index is 0.00703. The zero-order valence-electron chi connectivity index (χ0n) is 15.4. The molecule has 0 bridgehead atoms. The van der Waals surface area contributed by atoms with E-state index >= 15 is 0 Å². The molecule has 144 valence electrons. The van der Waals surface area contributed by atoms with Gasteiger partial charge in [-0.25, -0.2) is 4.98 Å². The van der Waals surface area contributed by atoms with Crippen LogP contribution in [0, 0.1) is 0 Å². The van der Waals surface area contributed by atoms with Gasteiger partial charge in [-0.15, -0.1) is 6.58 Å². The van der Waals surface area contributed by atoms with E-state index in [0.717, 1.165) is 0 Å². The highest BCUT2D eigenvalue weighted by Gasteiger charge is 2.26. The smallest absolute Gasteiger partial charge is 0.262 e.